The average Bonchev–Trinajstić information content (AvgIpc) is 1.82. The van der Waals surface area contributed by atoms with Crippen molar-refractivity contribution in [1.82, 2.24) is 5.32 Å². The molecule has 0 aromatic rings. The van der Waals surface area contributed by atoms with Crippen molar-refractivity contribution in [2.75, 3.05) is 6.54 Å². The first-order valence-corrected chi connectivity index (χ1v) is 3.26. The number of rotatable bonds is 3. The first-order valence-electron chi connectivity index (χ1n) is 3.26. The van der Waals surface area contributed by atoms with E-state index in [2.05, 4.69) is 5.32 Å². The van der Waals surface area contributed by atoms with E-state index in [0.717, 1.165) is 0 Å². The largest absolute Gasteiger partial charge is 0.465 e. The third kappa shape index (κ3) is 4.14. The van der Waals surface area contributed by atoms with E-state index >= 15 is 0 Å². The van der Waals surface area contributed by atoms with Gasteiger partial charge in [-0.2, -0.15) is 0 Å². The molecule has 0 bridgehead atoms. The van der Waals surface area contributed by atoms with Gasteiger partial charge >= 0.3 is 6.09 Å². The Morgan fingerprint density at radius 2 is 2.20 bits per heavy atom. The summed E-state index contributed by atoms with van der Waals surface area (Å²) in [5.41, 5.74) is 5.54. The molecule has 0 fully saturated rings. The lowest BCUT2D eigenvalue weighted by Gasteiger charge is -2.14. The van der Waals surface area contributed by atoms with Crippen molar-refractivity contribution in [3.05, 3.63) is 0 Å². The minimum absolute atomic E-state index is 0.0869. The van der Waals surface area contributed by atoms with Crippen LogP contribution in [0.15, 0.2) is 0 Å². The van der Waals surface area contributed by atoms with Gasteiger partial charge in [-0.05, 0) is 5.92 Å². The average molecular weight is 146 g/mol. The van der Waals surface area contributed by atoms with Crippen LogP contribution >= 0.6 is 0 Å². The second-order valence-electron chi connectivity index (χ2n) is 2.59. The summed E-state index contributed by atoms with van der Waals surface area (Å²) in [7, 11) is 0. The molecule has 10 heavy (non-hydrogen) atoms. The van der Waals surface area contributed by atoms with Crippen molar-refractivity contribution in [3.63, 3.8) is 0 Å². The van der Waals surface area contributed by atoms with E-state index in [9.17, 15) is 4.79 Å². The third-order valence-electron chi connectivity index (χ3n) is 1.35. The van der Waals surface area contributed by atoms with Crippen LogP contribution in [0.1, 0.15) is 13.8 Å². The molecule has 1 atom stereocenters. The Kier molecular flexibility index (Phi) is 3.79. The van der Waals surface area contributed by atoms with Crippen molar-refractivity contribution < 1.29 is 9.90 Å². The topological polar surface area (TPSA) is 75.3 Å². The number of nitrogens with two attached hydrogens (primary N) is 1. The molecule has 4 nitrogen and oxygen atoms in total. The summed E-state index contributed by atoms with van der Waals surface area (Å²) >= 11 is 0. The molecule has 0 saturated heterocycles. The predicted octanol–water partition coefficient (Wildman–Crippen LogP) is 0.237. The Labute approximate surface area is 60.4 Å². The zero-order chi connectivity index (χ0) is 8.15. The zero-order valence-electron chi connectivity index (χ0n) is 6.29. The van der Waals surface area contributed by atoms with Crippen molar-refractivity contribution in [2.45, 2.75) is 19.9 Å². The lowest BCUT2D eigenvalue weighted by Crippen LogP contribution is -2.39. The van der Waals surface area contributed by atoms with Crippen molar-refractivity contribution in [3.8, 4) is 0 Å². The molecule has 60 valence electrons. The fourth-order valence-electron chi connectivity index (χ4n) is 0.441. The molecule has 0 spiro atoms. The Bertz CT molecular complexity index is 114. The molecular formula is C6H14N2O2. The first kappa shape index (κ1) is 9.23. The number of hydrogen-bond donors (Lipinski definition) is 3. The molecule has 0 aromatic heterocycles. The van der Waals surface area contributed by atoms with Crippen LogP contribution in [0.5, 0.6) is 0 Å². The van der Waals surface area contributed by atoms with Crippen LogP contribution in [0.3, 0.4) is 0 Å². The number of amides is 1. The Hall–Kier alpha value is -0.770. The highest BCUT2D eigenvalue weighted by Crippen LogP contribution is 1.95. The third-order valence-corrected chi connectivity index (χ3v) is 1.35. The number of hydrogen-bond acceptors (Lipinski definition) is 2. The van der Waals surface area contributed by atoms with E-state index in [0.29, 0.717) is 12.5 Å². The maximum atomic E-state index is 9.96. The van der Waals surface area contributed by atoms with Gasteiger partial charge in [0.1, 0.15) is 0 Å². The van der Waals surface area contributed by atoms with Gasteiger partial charge in [-0.3, -0.25) is 0 Å². The Morgan fingerprint density at radius 3 is 2.50 bits per heavy atom. The molecule has 0 unspecified atom stereocenters. The van der Waals surface area contributed by atoms with Gasteiger partial charge in [0, 0.05) is 12.6 Å². The van der Waals surface area contributed by atoms with E-state index in [4.69, 9.17) is 10.8 Å². The molecule has 1 amide bonds. The molecule has 0 rings (SSSR count). The summed E-state index contributed by atoms with van der Waals surface area (Å²) in [5.74, 6) is 0.312. The van der Waals surface area contributed by atoms with Gasteiger partial charge in [0.2, 0.25) is 0 Å². The summed E-state index contributed by atoms with van der Waals surface area (Å²) in [6, 6.07) is -0.0869. The van der Waals surface area contributed by atoms with E-state index in [1.807, 2.05) is 13.8 Å². The van der Waals surface area contributed by atoms with Crippen LogP contribution in [0, 0.1) is 5.92 Å². The predicted molar refractivity (Wildman–Crippen MR) is 38.8 cm³/mol. The summed E-state index contributed by atoms with van der Waals surface area (Å²) in [6.45, 7) is 4.23. The van der Waals surface area contributed by atoms with E-state index < -0.39 is 6.09 Å². The zero-order valence-corrected chi connectivity index (χ0v) is 6.29. The van der Waals surface area contributed by atoms with Gasteiger partial charge < -0.3 is 16.2 Å². The normalized spacial score (nSPS) is 13.2. The fraction of sp³-hybridized carbons (Fsp3) is 0.833. The maximum Gasteiger partial charge on any atom is 0.404 e. The van der Waals surface area contributed by atoms with Gasteiger partial charge in [-0.25, -0.2) is 4.79 Å². The smallest absolute Gasteiger partial charge is 0.404 e. The van der Waals surface area contributed by atoms with Crippen LogP contribution in [-0.2, 0) is 0 Å². The van der Waals surface area contributed by atoms with Gasteiger partial charge in [0.05, 0.1) is 0 Å². The molecule has 0 aliphatic rings. The molecule has 0 aliphatic carbocycles. The molecule has 4 N–H and O–H groups in total. The fourth-order valence-corrected chi connectivity index (χ4v) is 0.441. The SMILES string of the molecule is CC(C)[C@H](N)CNC(=O)O. The van der Waals surface area contributed by atoms with E-state index in [1.54, 1.807) is 0 Å². The van der Waals surface area contributed by atoms with E-state index in [-0.39, 0.29) is 6.04 Å². The van der Waals surface area contributed by atoms with Gasteiger partial charge in [0.15, 0.2) is 0 Å². The molecular weight excluding hydrogens is 132 g/mol. The number of nitrogens with one attached hydrogen (secondary N) is 1. The monoisotopic (exact) mass is 146 g/mol. The van der Waals surface area contributed by atoms with E-state index in [1.165, 1.54) is 0 Å². The highest BCUT2D eigenvalue weighted by molar-refractivity contribution is 5.64. The van der Waals surface area contributed by atoms with Gasteiger partial charge in [-0.1, -0.05) is 13.8 Å². The van der Waals surface area contributed by atoms with Crippen molar-refractivity contribution in [2.24, 2.45) is 11.7 Å². The maximum absolute atomic E-state index is 9.96. The van der Waals surface area contributed by atoms with Crippen molar-refractivity contribution in [1.29, 1.82) is 0 Å². The van der Waals surface area contributed by atoms with Gasteiger partial charge in [0.25, 0.3) is 0 Å². The number of carbonyl (C=O) groups is 1. The second kappa shape index (κ2) is 4.11. The summed E-state index contributed by atoms with van der Waals surface area (Å²) in [5, 5.41) is 10.4. The Morgan fingerprint density at radius 1 is 1.70 bits per heavy atom. The summed E-state index contributed by atoms with van der Waals surface area (Å²) in [6.07, 6.45) is -1.02. The summed E-state index contributed by atoms with van der Waals surface area (Å²) < 4.78 is 0. The standard InChI is InChI=1S/C6H14N2O2/c1-4(2)5(7)3-8-6(9)10/h4-5,8H,3,7H2,1-2H3,(H,9,10)/t5-/m1/s1. The molecule has 0 aromatic carbocycles. The van der Waals surface area contributed by atoms with Crippen molar-refractivity contribution >= 4 is 6.09 Å². The molecule has 0 aliphatic heterocycles. The Balaban J connectivity index is 3.39. The molecule has 0 saturated carbocycles. The number of carboxylic acid groups (broad SMARTS) is 1. The summed E-state index contributed by atoms with van der Waals surface area (Å²) in [4.78, 5) is 9.96. The lowest BCUT2D eigenvalue weighted by molar-refractivity contribution is 0.193. The molecule has 0 radical (unpaired) electrons. The second-order valence-corrected chi connectivity index (χ2v) is 2.59. The van der Waals surface area contributed by atoms with Crippen LogP contribution in [0.2, 0.25) is 0 Å². The highest BCUT2D eigenvalue weighted by Gasteiger charge is 2.07. The minimum Gasteiger partial charge on any atom is -0.465 e. The quantitative estimate of drug-likeness (QED) is 0.533. The van der Waals surface area contributed by atoms with Crippen LogP contribution in [0.25, 0.3) is 0 Å². The van der Waals surface area contributed by atoms with Gasteiger partial charge in [-0.15, -0.1) is 0 Å². The molecule has 0 heterocycles. The van der Waals surface area contributed by atoms with Crippen LogP contribution < -0.4 is 11.1 Å². The molecule has 4 heteroatoms. The minimum atomic E-state index is -1.02. The van der Waals surface area contributed by atoms with Crippen LogP contribution in [-0.4, -0.2) is 23.8 Å². The lowest BCUT2D eigenvalue weighted by atomic mass is 10.1. The highest BCUT2D eigenvalue weighted by atomic mass is 16.4. The first-order chi connectivity index (χ1) is 4.54. The van der Waals surface area contributed by atoms with Crippen LogP contribution in [0.4, 0.5) is 4.79 Å².